The molecule has 0 saturated carbocycles. The number of aldehydes is 1. The Morgan fingerprint density at radius 1 is 0.487 bits per heavy atom. The lowest BCUT2D eigenvalue weighted by atomic mass is 10.0. The van der Waals surface area contributed by atoms with Crippen LogP contribution in [0.25, 0.3) is 33.7 Å². The van der Waals surface area contributed by atoms with Crippen LogP contribution in [0.3, 0.4) is 0 Å². The van der Waals surface area contributed by atoms with E-state index in [1.165, 1.54) is 71.7 Å². The Balaban J connectivity index is 0.000000644. The molecule has 6 aromatic rings. The lowest BCUT2D eigenvalue weighted by molar-refractivity contribution is -0.697. The molecular formula is C67H96F4N4O5+2. The molecule has 4 aromatic carbocycles. The van der Waals surface area contributed by atoms with E-state index in [0.717, 1.165) is 87.4 Å². The number of aromatic nitrogens is 2. The molecule has 0 aliphatic rings. The van der Waals surface area contributed by atoms with Crippen LogP contribution in [0.4, 0.5) is 29.7 Å². The van der Waals surface area contributed by atoms with Crippen LogP contribution in [0, 0.1) is 6.92 Å². The van der Waals surface area contributed by atoms with Crippen LogP contribution < -0.4 is 18.9 Å². The number of halogens is 4. The molecule has 0 N–H and O–H groups in total. The largest absolute Gasteiger partial charge is 0.460 e. The molecule has 13 heteroatoms. The number of anilines is 2. The zero-order valence-corrected chi connectivity index (χ0v) is 49.3. The van der Waals surface area contributed by atoms with Crippen molar-refractivity contribution in [3.05, 3.63) is 144 Å². The van der Waals surface area contributed by atoms with Crippen LogP contribution in [0.15, 0.2) is 122 Å². The number of hydrogen-bond donors (Lipinski definition) is 0. The molecule has 0 atom stereocenters. The average Bonchev–Trinajstić information content (AvgIpc) is 3.44. The van der Waals surface area contributed by atoms with Crippen LogP contribution in [-0.4, -0.2) is 56.6 Å². The van der Waals surface area contributed by atoms with Gasteiger partial charge in [0, 0.05) is 112 Å². The van der Waals surface area contributed by atoms with Crippen molar-refractivity contribution in [3.8, 4) is 0 Å². The number of esters is 2. The molecule has 0 unspecified atom stereocenters. The van der Waals surface area contributed by atoms with Gasteiger partial charge in [-0.25, -0.2) is 9.13 Å². The standard InChI is InChI=1S/C33H45N2O2.C22H29NO3.C11H18N.CH4.2F2/c1-6-7-10-22-35-23-19-27(20-24-35)13-14-28-15-16-30-26-31(18-17-29(30)25-28)34(5)21-11-8-9-12-32(36)37-33(2,3)4;1-22(2,3)26-21(25)8-6-5-7-13-23(4)20-12-11-18-14-17(16-24)9-10-19(18)15-20;1-3-4-5-8-12-9-6-11(2)7-10-12;;2*1-2/h13-20,23-26H,6-12,21-22H2,1-5H3;9-12,14-16H,5-8,13H2,1-4H3;6-7,9-10H,3-5,8H2,1-2H3;1H4;;/q+1;;+1;;;. The summed E-state index contributed by atoms with van der Waals surface area (Å²) in [4.78, 5) is 38.9. The van der Waals surface area contributed by atoms with Crippen molar-refractivity contribution in [1.29, 1.82) is 0 Å². The average molecular weight is 1110 g/mol. The summed E-state index contributed by atoms with van der Waals surface area (Å²) in [7, 11) is 4.22. The second kappa shape index (κ2) is 39.7. The molecule has 0 bridgehead atoms. The summed E-state index contributed by atoms with van der Waals surface area (Å²) >= 11 is 0. The van der Waals surface area contributed by atoms with Crippen molar-refractivity contribution < 1.29 is 51.3 Å². The highest BCUT2D eigenvalue weighted by molar-refractivity contribution is 5.91. The summed E-state index contributed by atoms with van der Waals surface area (Å²) in [6.45, 7) is 22.2. The number of nitrogens with zero attached hydrogens (tertiary/aromatic N) is 4. The van der Waals surface area contributed by atoms with Gasteiger partial charge in [-0.3, -0.25) is 14.4 Å². The third kappa shape index (κ3) is 30.1. The fourth-order valence-electron chi connectivity index (χ4n) is 8.48. The van der Waals surface area contributed by atoms with Gasteiger partial charge >= 0.3 is 11.9 Å². The molecule has 9 nitrogen and oxygen atoms in total. The SMILES string of the molecule is C.CCCCC[n+]1ccc(/C=C/c2ccc3cc(N(C)CCCCCC(=O)OC(C)(C)C)ccc3c2)cc1.CCCCC[n+]1ccc(C)cc1.CN(CCCCCC(=O)OC(C)(C)C)c1ccc2cc(C=O)ccc2c1.FF.FF. The van der Waals surface area contributed by atoms with Gasteiger partial charge in [-0.2, -0.15) is 0 Å². The maximum Gasteiger partial charge on any atom is 0.306 e. The van der Waals surface area contributed by atoms with E-state index in [9.17, 15) is 14.4 Å². The normalized spacial score (nSPS) is 10.8. The van der Waals surface area contributed by atoms with Crippen LogP contribution in [0.5, 0.6) is 0 Å². The third-order valence-electron chi connectivity index (χ3n) is 12.8. The van der Waals surface area contributed by atoms with E-state index in [1.807, 2.05) is 59.7 Å². The van der Waals surface area contributed by atoms with E-state index in [0.29, 0.717) is 18.4 Å². The van der Waals surface area contributed by atoms with Gasteiger partial charge in [-0.1, -0.05) is 95.5 Å². The van der Waals surface area contributed by atoms with Crippen molar-refractivity contribution in [2.45, 2.75) is 184 Å². The first kappa shape index (κ1) is 71.4. The van der Waals surface area contributed by atoms with Crippen LogP contribution in [-0.2, 0) is 32.2 Å². The highest BCUT2D eigenvalue weighted by Crippen LogP contribution is 2.25. The number of benzene rings is 4. The lowest BCUT2D eigenvalue weighted by Gasteiger charge is -2.20. The molecule has 0 amide bonds. The minimum Gasteiger partial charge on any atom is -0.460 e. The minimum atomic E-state index is -0.403. The molecule has 80 heavy (non-hydrogen) atoms. The summed E-state index contributed by atoms with van der Waals surface area (Å²) in [6.07, 6.45) is 28.4. The molecular weight excluding hydrogens is 1020 g/mol. The molecule has 2 heterocycles. The van der Waals surface area contributed by atoms with Crippen LogP contribution in [0.2, 0.25) is 0 Å². The minimum absolute atomic E-state index is 0. The Morgan fingerprint density at radius 2 is 0.863 bits per heavy atom. The van der Waals surface area contributed by atoms with Crippen LogP contribution >= 0.6 is 0 Å². The predicted molar refractivity (Wildman–Crippen MR) is 326 cm³/mol. The molecule has 0 saturated heterocycles. The van der Waals surface area contributed by atoms with Gasteiger partial charge in [-0.05, 0) is 162 Å². The number of fused-ring (bicyclic) bond motifs is 2. The van der Waals surface area contributed by atoms with Gasteiger partial charge in [0.2, 0.25) is 0 Å². The lowest BCUT2D eigenvalue weighted by Crippen LogP contribution is -2.32. The first-order valence-corrected chi connectivity index (χ1v) is 28.1. The fraction of sp³-hybridized carbons (Fsp3) is 0.478. The number of hydrogen-bond acceptors (Lipinski definition) is 7. The summed E-state index contributed by atoms with van der Waals surface area (Å²) in [5.41, 5.74) is 6.03. The first-order valence-electron chi connectivity index (χ1n) is 28.1. The first-order chi connectivity index (χ1) is 37.8. The van der Waals surface area contributed by atoms with Crippen molar-refractivity contribution in [2.75, 3.05) is 37.0 Å². The molecule has 0 fully saturated rings. The maximum absolute atomic E-state index is 11.9. The van der Waals surface area contributed by atoms with E-state index in [-0.39, 0.29) is 19.4 Å². The second-order valence-corrected chi connectivity index (χ2v) is 22.1. The Morgan fingerprint density at radius 3 is 1.27 bits per heavy atom. The smallest absolute Gasteiger partial charge is 0.306 e. The Hall–Kier alpha value is -6.63. The topological polar surface area (TPSA) is 83.9 Å². The van der Waals surface area contributed by atoms with E-state index in [4.69, 9.17) is 27.8 Å². The third-order valence-corrected chi connectivity index (χ3v) is 12.8. The van der Waals surface area contributed by atoms with Gasteiger partial charge in [0.05, 0.1) is 0 Å². The molecule has 6 rings (SSSR count). The predicted octanol–water partition coefficient (Wildman–Crippen LogP) is 17.6. The monoisotopic (exact) mass is 1110 g/mol. The summed E-state index contributed by atoms with van der Waals surface area (Å²) in [6, 6.07) is 34.0. The summed E-state index contributed by atoms with van der Waals surface area (Å²) in [5.74, 6) is -0.214. The van der Waals surface area contributed by atoms with Crippen molar-refractivity contribution >= 4 is 63.3 Å². The maximum atomic E-state index is 11.9. The second-order valence-electron chi connectivity index (χ2n) is 22.1. The van der Waals surface area contributed by atoms with E-state index < -0.39 is 11.2 Å². The van der Waals surface area contributed by atoms with E-state index >= 15 is 0 Å². The number of aryl methyl sites for hydroxylation is 3. The van der Waals surface area contributed by atoms with Crippen LogP contribution in [0.1, 0.15) is 180 Å². The highest BCUT2D eigenvalue weighted by atomic mass is 20.0. The van der Waals surface area contributed by atoms with Gasteiger partial charge in [0.15, 0.2) is 24.8 Å². The number of carbonyl (C=O) groups excluding carboxylic acids is 3. The van der Waals surface area contributed by atoms with Crippen molar-refractivity contribution in [1.82, 2.24) is 0 Å². The van der Waals surface area contributed by atoms with Crippen molar-refractivity contribution in [3.63, 3.8) is 0 Å². The van der Waals surface area contributed by atoms with Crippen molar-refractivity contribution in [2.24, 2.45) is 0 Å². The van der Waals surface area contributed by atoms with Gasteiger partial charge < -0.3 is 19.3 Å². The number of rotatable bonds is 25. The molecule has 0 aliphatic heterocycles. The number of pyridine rings is 2. The Kier molecular flexibility index (Phi) is 35.4. The van der Waals surface area contributed by atoms with Gasteiger partial charge in [-0.15, -0.1) is 0 Å². The Bertz CT molecular complexity index is 2690. The highest BCUT2D eigenvalue weighted by Gasteiger charge is 2.17. The molecule has 0 radical (unpaired) electrons. The number of unbranched alkanes of at least 4 members (excludes halogenated alkanes) is 8. The van der Waals surface area contributed by atoms with E-state index in [2.05, 4.69) is 170 Å². The van der Waals surface area contributed by atoms with Gasteiger partial charge in [0.1, 0.15) is 30.6 Å². The summed E-state index contributed by atoms with van der Waals surface area (Å²) < 4.78 is 47.2. The number of carbonyl (C=O) groups is 3. The number of ether oxygens (including phenoxy) is 2. The zero-order valence-electron chi connectivity index (χ0n) is 49.3. The Labute approximate surface area is 477 Å². The fourth-order valence-corrected chi connectivity index (χ4v) is 8.48. The van der Waals surface area contributed by atoms with Gasteiger partial charge in [0.25, 0.3) is 0 Å². The molecule has 0 spiro atoms. The zero-order chi connectivity index (χ0) is 58.6. The molecule has 0 aliphatic carbocycles. The van der Waals surface area contributed by atoms with E-state index in [1.54, 1.807) is 0 Å². The molecule has 440 valence electrons. The molecule has 2 aromatic heterocycles. The quantitative estimate of drug-likeness (QED) is 0.0186. The summed E-state index contributed by atoms with van der Waals surface area (Å²) in [5, 5.41) is 4.70.